The van der Waals surface area contributed by atoms with Crippen LogP contribution in [-0.2, 0) is 4.79 Å². The summed E-state index contributed by atoms with van der Waals surface area (Å²) in [6, 6.07) is 0. The highest BCUT2D eigenvalue weighted by Crippen LogP contribution is 2.12. The third kappa shape index (κ3) is 2.06. The van der Waals surface area contributed by atoms with Crippen LogP contribution in [0, 0.1) is 0 Å². The van der Waals surface area contributed by atoms with Crippen LogP contribution in [-0.4, -0.2) is 5.78 Å². The van der Waals surface area contributed by atoms with Gasteiger partial charge >= 0.3 is 0 Å². The van der Waals surface area contributed by atoms with Gasteiger partial charge in [0.25, 0.3) is 0 Å². The molecule has 0 aromatic heterocycles. The minimum Gasteiger partial charge on any atom is -0.289 e. The third-order valence-electron chi connectivity index (χ3n) is 1.63. The Labute approximate surface area is 72.8 Å². The van der Waals surface area contributed by atoms with Crippen molar-refractivity contribution in [3.05, 3.63) is 47.6 Å². The Balaban J connectivity index is 2.92. The molecule has 1 aliphatic rings. The second-order valence-electron chi connectivity index (χ2n) is 2.73. The fourth-order valence-corrected chi connectivity index (χ4v) is 0.998. The van der Waals surface area contributed by atoms with E-state index in [9.17, 15) is 4.79 Å². The van der Waals surface area contributed by atoms with Crippen molar-refractivity contribution in [2.24, 2.45) is 0 Å². The molecule has 0 saturated heterocycles. The Hall–Kier alpha value is -1.37. The Bertz CT molecular complexity index is 301. The third-order valence-corrected chi connectivity index (χ3v) is 1.63. The van der Waals surface area contributed by atoms with Crippen molar-refractivity contribution in [1.82, 2.24) is 0 Å². The van der Waals surface area contributed by atoms with Gasteiger partial charge in [-0.3, -0.25) is 4.79 Å². The largest absolute Gasteiger partial charge is 0.289 e. The zero-order valence-electron chi connectivity index (χ0n) is 7.37. The van der Waals surface area contributed by atoms with Crippen molar-refractivity contribution < 1.29 is 4.79 Å². The van der Waals surface area contributed by atoms with Crippen molar-refractivity contribution in [1.29, 1.82) is 0 Å². The van der Waals surface area contributed by atoms with E-state index in [2.05, 4.69) is 0 Å². The van der Waals surface area contributed by atoms with Crippen molar-refractivity contribution in [3.8, 4) is 0 Å². The second-order valence-corrected chi connectivity index (χ2v) is 2.73. The summed E-state index contributed by atoms with van der Waals surface area (Å²) in [4.78, 5) is 11.2. The Morgan fingerprint density at radius 1 is 1.33 bits per heavy atom. The summed E-state index contributed by atoms with van der Waals surface area (Å²) in [6.45, 7) is 3.91. The van der Waals surface area contributed by atoms with Crippen LogP contribution in [0.3, 0.4) is 0 Å². The average Bonchev–Trinajstić information content (AvgIpc) is 2.07. The van der Waals surface area contributed by atoms with E-state index in [1.807, 2.05) is 44.2 Å². The van der Waals surface area contributed by atoms with Gasteiger partial charge in [0.2, 0.25) is 0 Å². The molecular weight excluding hydrogens is 148 g/mol. The number of hydrogen-bond donors (Lipinski definition) is 0. The number of carbonyl (C=O) groups excluding carboxylic acids is 1. The van der Waals surface area contributed by atoms with Gasteiger partial charge in [0.1, 0.15) is 0 Å². The number of hydrogen-bond acceptors (Lipinski definition) is 1. The highest BCUT2D eigenvalue weighted by molar-refractivity contribution is 6.07. The summed E-state index contributed by atoms with van der Waals surface area (Å²) in [5.74, 6) is 0.0821. The predicted octanol–water partition coefficient (Wildman–Crippen LogP) is 2.57. The highest BCUT2D eigenvalue weighted by Gasteiger charge is 2.05. The van der Waals surface area contributed by atoms with E-state index in [4.69, 9.17) is 0 Å². The maximum Gasteiger partial charge on any atom is 0.185 e. The van der Waals surface area contributed by atoms with Crippen LogP contribution < -0.4 is 0 Å². The van der Waals surface area contributed by atoms with E-state index in [1.54, 1.807) is 6.08 Å². The van der Waals surface area contributed by atoms with Crippen LogP contribution in [0.25, 0.3) is 0 Å². The molecule has 0 atom stereocenters. The smallest absolute Gasteiger partial charge is 0.185 e. The molecule has 0 bridgehead atoms. The van der Waals surface area contributed by atoms with Crippen LogP contribution in [0.5, 0.6) is 0 Å². The minimum absolute atomic E-state index is 0.0821. The van der Waals surface area contributed by atoms with Gasteiger partial charge < -0.3 is 0 Å². The van der Waals surface area contributed by atoms with Crippen LogP contribution >= 0.6 is 0 Å². The van der Waals surface area contributed by atoms with Gasteiger partial charge in [-0.05, 0) is 26.0 Å². The van der Waals surface area contributed by atoms with Gasteiger partial charge in [-0.15, -0.1) is 0 Å². The number of carbonyl (C=O) groups is 1. The quantitative estimate of drug-likeness (QED) is 0.539. The second kappa shape index (κ2) is 3.86. The summed E-state index contributed by atoms with van der Waals surface area (Å²) in [6.07, 6.45) is 10.9. The van der Waals surface area contributed by atoms with E-state index >= 15 is 0 Å². The van der Waals surface area contributed by atoms with Crippen molar-refractivity contribution in [2.45, 2.75) is 13.8 Å². The Morgan fingerprint density at radius 2 is 2.08 bits per heavy atom. The predicted molar refractivity (Wildman–Crippen MR) is 50.8 cm³/mol. The molecule has 0 spiro atoms. The molecular formula is C11H12O. The highest BCUT2D eigenvalue weighted by atomic mass is 16.1. The topological polar surface area (TPSA) is 17.1 Å². The molecule has 0 amide bonds. The van der Waals surface area contributed by atoms with Crippen molar-refractivity contribution >= 4 is 5.78 Å². The first kappa shape index (κ1) is 8.72. The van der Waals surface area contributed by atoms with Gasteiger partial charge in [0.05, 0.1) is 0 Å². The Morgan fingerprint density at radius 3 is 2.75 bits per heavy atom. The van der Waals surface area contributed by atoms with Gasteiger partial charge in [0, 0.05) is 5.57 Å². The van der Waals surface area contributed by atoms with Crippen LogP contribution in [0.2, 0.25) is 0 Å². The zero-order chi connectivity index (χ0) is 8.97. The van der Waals surface area contributed by atoms with E-state index in [0.717, 1.165) is 11.1 Å². The lowest BCUT2D eigenvalue weighted by atomic mass is 10.0. The fraction of sp³-hybridized carbons (Fsp3) is 0.182. The lowest BCUT2D eigenvalue weighted by molar-refractivity contribution is -0.111. The molecule has 12 heavy (non-hydrogen) atoms. The van der Waals surface area contributed by atoms with E-state index in [-0.39, 0.29) is 5.78 Å². The maximum atomic E-state index is 11.2. The van der Waals surface area contributed by atoms with E-state index in [1.165, 1.54) is 0 Å². The number of allylic oxidation sites excluding steroid dienone is 8. The van der Waals surface area contributed by atoms with Crippen LogP contribution in [0.15, 0.2) is 47.6 Å². The SMILES string of the molecule is C/C=C/C=C1/C=C(C)C=CC1=O. The number of ketones is 1. The molecule has 0 radical (unpaired) electrons. The number of rotatable bonds is 1. The van der Waals surface area contributed by atoms with Crippen LogP contribution in [0.1, 0.15) is 13.8 Å². The van der Waals surface area contributed by atoms with Gasteiger partial charge in [-0.25, -0.2) is 0 Å². The van der Waals surface area contributed by atoms with Crippen molar-refractivity contribution in [3.63, 3.8) is 0 Å². The minimum atomic E-state index is 0.0821. The molecule has 0 aromatic rings. The molecule has 0 aliphatic heterocycles. The Kier molecular flexibility index (Phi) is 2.81. The molecule has 0 saturated carbocycles. The lowest BCUT2D eigenvalue weighted by Gasteiger charge is -2.02. The maximum absolute atomic E-state index is 11.2. The normalized spacial score (nSPS) is 20.7. The first-order chi connectivity index (χ1) is 5.74. The van der Waals surface area contributed by atoms with Gasteiger partial charge in [-0.2, -0.15) is 0 Å². The summed E-state index contributed by atoms with van der Waals surface area (Å²) in [7, 11) is 0. The zero-order valence-corrected chi connectivity index (χ0v) is 7.37. The first-order valence-electron chi connectivity index (χ1n) is 3.97. The fourth-order valence-electron chi connectivity index (χ4n) is 0.998. The molecule has 1 heteroatoms. The van der Waals surface area contributed by atoms with E-state index in [0.29, 0.717) is 0 Å². The molecule has 1 rings (SSSR count). The summed E-state index contributed by atoms with van der Waals surface area (Å²) >= 11 is 0. The summed E-state index contributed by atoms with van der Waals surface area (Å²) < 4.78 is 0. The summed E-state index contributed by atoms with van der Waals surface area (Å²) in [5.41, 5.74) is 1.87. The molecule has 1 aliphatic carbocycles. The van der Waals surface area contributed by atoms with Gasteiger partial charge in [-0.1, -0.05) is 29.9 Å². The summed E-state index contributed by atoms with van der Waals surface area (Å²) in [5, 5.41) is 0. The molecule has 1 nitrogen and oxygen atoms in total. The lowest BCUT2D eigenvalue weighted by Crippen LogP contribution is -1.99. The monoisotopic (exact) mass is 160 g/mol. The average molecular weight is 160 g/mol. The van der Waals surface area contributed by atoms with E-state index < -0.39 is 0 Å². The molecule has 0 aromatic carbocycles. The van der Waals surface area contributed by atoms with Crippen LogP contribution in [0.4, 0.5) is 0 Å². The molecule has 0 fully saturated rings. The molecule has 0 heterocycles. The first-order valence-corrected chi connectivity index (χ1v) is 3.97. The molecule has 62 valence electrons. The van der Waals surface area contributed by atoms with Crippen molar-refractivity contribution in [2.75, 3.05) is 0 Å². The molecule has 0 N–H and O–H groups in total. The molecule has 0 unspecified atom stereocenters. The standard InChI is InChI=1S/C11H12O/c1-3-4-5-10-8-9(2)6-7-11(10)12/h3-8H,1-2H3/b4-3+,10-5-. The van der Waals surface area contributed by atoms with Gasteiger partial charge in [0.15, 0.2) is 5.78 Å².